The highest BCUT2D eigenvalue weighted by Crippen LogP contribution is 2.65. The van der Waals surface area contributed by atoms with Crippen molar-refractivity contribution in [2.45, 2.75) is 77.0 Å². The van der Waals surface area contributed by atoms with Gasteiger partial charge in [0, 0.05) is 38.4 Å². The molecule has 0 saturated carbocycles. The third-order valence-electron chi connectivity index (χ3n) is 18.0. The van der Waals surface area contributed by atoms with Gasteiger partial charge in [-0.05, 0) is 142 Å². The summed E-state index contributed by atoms with van der Waals surface area (Å²) in [6, 6.07) is 85.1. The van der Waals surface area contributed by atoms with Crippen LogP contribution >= 0.6 is 0 Å². The van der Waals surface area contributed by atoms with Crippen LogP contribution in [-0.2, 0) is 21.7 Å². The van der Waals surface area contributed by atoms with Gasteiger partial charge >= 0.3 is 0 Å². The van der Waals surface area contributed by atoms with Crippen LogP contribution < -0.4 is 4.90 Å². The molecule has 2 nitrogen and oxygen atoms in total. The zero-order valence-corrected chi connectivity index (χ0v) is 45.7. The molecule has 12 aromatic rings. The van der Waals surface area contributed by atoms with E-state index in [2.05, 4.69) is 285 Å². The minimum absolute atomic E-state index is 0.0365. The van der Waals surface area contributed by atoms with E-state index < -0.39 is 5.41 Å². The normalized spacial score (nSPS) is 14.4. The van der Waals surface area contributed by atoms with Crippen molar-refractivity contribution in [3.63, 3.8) is 0 Å². The Morgan fingerprint density at radius 1 is 0.359 bits per heavy atom. The van der Waals surface area contributed by atoms with Gasteiger partial charge < -0.3 is 9.32 Å². The van der Waals surface area contributed by atoms with Gasteiger partial charge in [-0.2, -0.15) is 0 Å². The Kier molecular flexibility index (Phi) is 9.79. The van der Waals surface area contributed by atoms with Gasteiger partial charge in [0.2, 0.25) is 0 Å². The molecule has 0 atom stereocenters. The summed E-state index contributed by atoms with van der Waals surface area (Å²) in [5, 5.41) is 4.52. The maximum Gasteiger partial charge on any atom is 0.143 e. The second-order valence-corrected chi connectivity index (χ2v) is 24.8. The van der Waals surface area contributed by atoms with Gasteiger partial charge in [-0.25, -0.2) is 0 Å². The fourth-order valence-corrected chi connectivity index (χ4v) is 14.2. The van der Waals surface area contributed by atoms with Crippen LogP contribution in [0.15, 0.2) is 229 Å². The van der Waals surface area contributed by atoms with E-state index in [4.69, 9.17) is 4.42 Å². The molecule has 0 amide bonds. The Morgan fingerprint density at radius 3 is 1.58 bits per heavy atom. The van der Waals surface area contributed by atoms with Crippen LogP contribution in [0.4, 0.5) is 17.1 Å². The number of hydrogen-bond donors (Lipinski definition) is 0. The average Bonchev–Trinajstić information content (AvgIpc) is 4.35. The van der Waals surface area contributed by atoms with Crippen LogP contribution in [-0.4, -0.2) is 0 Å². The zero-order chi connectivity index (χ0) is 53.0. The predicted molar refractivity (Wildman–Crippen MR) is 328 cm³/mol. The highest BCUT2D eigenvalue weighted by atomic mass is 16.3. The van der Waals surface area contributed by atoms with Crippen molar-refractivity contribution in [2.24, 2.45) is 0 Å². The van der Waals surface area contributed by atoms with E-state index in [0.29, 0.717) is 0 Å². The quantitative estimate of drug-likeness (QED) is 0.171. The minimum Gasteiger partial charge on any atom is -0.455 e. The Morgan fingerprint density at radius 2 is 0.885 bits per heavy atom. The first-order valence-electron chi connectivity index (χ1n) is 27.8. The van der Waals surface area contributed by atoms with Crippen molar-refractivity contribution in [1.82, 2.24) is 0 Å². The second kappa shape index (κ2) is 16.4. The van der Waals surface area contributed by atoms with Gasteiger partial charge in [-0.15, -0.1) is 0 Å². The molecule has 0 N–H and O–H groups in total. The van der Waals surface area contributed by atoms with Gasteiger partial charge in [-0.3, -0.25) is 0 Å². The van der Waals surface area contributed by atoms with Crippen molar-refractivity contribution >= 4 is 49.8 Å². The highest BCUT2D eigenvalue weighted by Gasteiger charge is 2.52. The molecule has 0 bridgehead atoms. The number of benzene rings is 11. The van der Waals surface area contributed by atoms with E-state index >= 15 is 0 Å². The molecule has 0 unspecified atom stereocenters. The van der Waals surface area contributed by atoms with Crippen LogP contribution in [0.3, 0.4) is 0 Å². The van der Waals surface area contributed by atoms with Crippen LogP contribution in [0.25, 0.3) is 88.3 Å². The van der Waals surface area contributed by atoms with E-state index in [-0.39, 0.29) is 16.2 Å². The van der Waals surface area contributed by atoms with E-state index in [1.807, 2.05) is 0 Å². The molecule has 0 radical (unpaired) electrons. The summed E-state index contributed by atoms with van der Waals surface area (Å²) in [4.78, 5) is 2.56. The summed E-state index contributed by atoms with van der Waals surface area (Å²) in [6.07, 6.45) is 0. The van der Waals surface area contributed by atoms with E-state index in [1.54, 1.807) is 0 Å². The number of nitrogens with zero attached hydrogens (tertiary/aromatic N) is 1. The van der Waals surface area contributed by atoms with Gasteiger partial charge in [0.1, 0.15) is 11.2 Å². The third kappa shape index (κ3) is 6.44. The first-order valence-corrected chi connectivity index (χ1v) is 27.8. The molecule has 3 aliphatic rings. The van der Waals surface area contributed by atoms with E-state index in [1.165, 1.54) is 94.4 Å². The molecule has 0 fully saturated rings. The van der Waals surface area contributed by atoms with Crippen molar-refractivity contribution in [2.75, 3.05) is 4.90 Å². The summed E-state index contributed by atoms with van der Waals surface area (Å²) < 4.78 is 6.88. The van der Waals surface area contributed by atoms with Crippen LogP contribution in [0.1, 0.15) is 99.9 Å². The SMILES string of the molecule is CC(C)(C)c1ccc2c(c1)C1(c3ccccc3-c3cc(N(c4ccccc4-c4cccc5c4-c4ccccc4C5(C)C)c4ccccc4-c4cccc5oc6c7ccccc7ccc6c45)ccc31)c1cc(C(C)(C)C)ccc1-2. The van der Waals surface area contributed by atoms with Crippen LogP contribution in [0.2, 0.25) is 0 Å². The summed E-state index contributed by atoms with van der Waals surface area (Å²) in [5.41, 5.74) is 27.6. The smallest absolute Gasteiger partial charge is 0.143 e. The lowest BCUT2D eigenvalue weighted by atomic mass is 9.69. The van der Waals surface area contributed by atoms with Crippen LogP contribution in [0.5, 0.6) is 0 Å². The first-order chi connectivity index (χ1) is 37.7. The molecular formula is C76H61NO. The van der Waals surface area contributed by atoms with E-state index in [0.717, 1.165) is 55.5 Å². The minimum atomic E-state index is -0.523. The number of hydrogen-bond acceptors (Lipinski definition) is 2. The summed E-state index contributed by atoms with van der Waals surface area (Å²) >= 11 is 0. The maximum atomic E-state index is 6.88. The molecule has 78 heavy (non-hydrogen) atoms. The van der Waals surface area contributed by atoms with Crippen LogP contribution in [0, 0.1) is 0 Å². The predicted octanol–water partition coefficient (Wildman–Crippen LogP) is 20.8. The highest BCUT2D eigenvalue weighted by molar-refractivity contribution is 6.20. The van der Waals surface area contributed by atoms with Gasteiger partial charge in [0.15, 0.2) is 0 Å². The molecule has 11 aromatic carbocycles. The van der Waals surface area contributed by atoms with Crippen molar-refractivity contribution < 1.29 is 4.42 Å². The molecule has 15 rings (SSSR count). The lowest BCUT2D eigenvalue weighted by molar-refractivity contribution is 0.586. The number of anilines is 3. The van der Waals surface area contributed by atoms with Gasteiger partial charge in [0.05, 0.1) is 16.8 Å². The number of fused-ring (bicyclic) bond motifs is 18. The molecule has 2 heteroatoms. The fraction of sp³-hybridized carbons (Fsp3) is 0.158. The average molecular weight is 1000 g/mol. The van der Waals surface area contributed by atoms with Crippen molar-refractivity contribution in [1.29, 1.82) is 0 Å². The standard InChI is InChI=1S/C76H61NO/c1-73(2,3)47-36-40-52-53-41-37-48(74(4,5)6)44-66(53)76(65(52)43-47)62-30-16-11-23-51(62)60-45-49(38-42-63(60)76)77(67-32-17-13-24-54(67)56-27-19-31-64-70(56)58-26-12-15-29-61(58)75(64,7)8)68-33-18-14-25-55(68)57-28-20-34-69-71(57)59-39-35-46-21-9-10-22-50(46)72(59)78-69/h9-45H,1-8H3. The Balaban J connectivity index is 1.02. The number of para-hydroxylation sites is 2. The van der Waals surface area contributed by atoms with Crippen molar-refractivity contribution in [3.8, 4) is 55.6 Å². The second-order valence-electron chi connectivity index (χ2n) is 24.8. The summed E-state index contributed by atoms with van der Waals surface area (Å²) in [6.45, 7) is 18.8. The third-order valence-corrected chi connectivity index (χ3v) is 18.0. The zero-order valence-electron chi connectivity index (χ0n) is 45.7. The Labute approximate surface area is 458 Å². The molecule has 1 aromatic heterocycles. The molecule has 0 saturated heterocycles. The summed E-state index contributed by atoms with van der Waals surface area (Å²) in [5.74, 6) is 0. The topological polar surface area (TPSA) is 16.4 Å². The number of furan rings is 1. The largest absolute Gasteiger partial charge is 0.455 e. The Hall–Kier alpha value is -8.72. The molecule has 1 heterocycles. The maximum absolute atomic E-state index is 6.88. The fourth-order valence-electron chi connectivity index (χ4n) is 14.2. The lowest BCUT2D eigenvalue weighted by Crippen LogP contribution is -2.27. The van der Waals surface area contributed by atoms with E-state index in [9.17, 15) is 0 Å². The molecule has 376 valence electrons. The summed E-state index contributed by atoms with van der Waals surface area (Å²) in [7, 11) is 0. The lowest BCUT2D eigenvalue weighted by Gasteiger charge is -2.33. The molecule has 0 aliphatic heterocycles. The van der Waals surface area contributed by atoms with Gasteiger partial charge in [0.25, 0.3) is 0 Å². The number of rotatable bonds is 5. The molecular weight excluding hydrogens is 943 g/mol. The first kappa shape index (κ1) is 46.6. The molecule has 1 spiro atoms. The van der Waals surface area contributed by atoms with Crippen molar-refractivity contribution in [3.05, 3.63) is 269 Å². The van der Waals surface area contributed by atoms with Gasteiger partial charge in [-0.1, -0.05) is 243 Å². The molecule has 3 aliphatic carbocycles. The Bertz CT molecular complexity index is 4440. The monoisotopic (exact) mass is 1000 g/mol.